The van der Waals surface area contributed by atoms with Crippen molar-refractivity contribution < 1.29 is 8.42 Å². The fourth-order valence-corrected chi connectivity index (χ4v) is 5.11. The van der Waals surface area contributed by atoms with Gasteiger partial charge in [0.2, 0.25) is 10.0 Å². The second-order valence-electron chi connectivity index (χ2n) is 7.30. The first-order valence-corrected chi connectivity index (χ1v) is 11.1. The molecule has 0 radical (unpaired) electrons. The molecule has 0 saturated carbocycles. The highest BCUT2D eigenvalue weighted by molar-refractivity contribution is 7.89. The Hall–Kier alpha value is -2.77. The van der Waals surface area contributed by atoms with Crippen LogP contribution in [-0.2, 0) is 10.0 Å². The Morgan fingerprint density at radius 1 is 0.828 bits per heavy atom. The third kappa shape index (κ3) is 4.02. The Morgan fingerprint density at radius 2 is 1.59 bits per heavy atom. The van der Waals surface area contributed by atoms with Gasteiger partial charge in [-0.1, -0.05) is 36.4 Å². The first kappa shape index (κ1) is 19.5. The molecule has 6 nitrogen and oxygen atoms in total. The maximum absolute atomic E-state index is 12.9. The quantitative estimate of drug-likeness (QED) is 0.663. The summed E-state index contributed by atoms with van der Waals surface area (Å²) in [6, 6.07) is 19.1. The van der Waals surface area contributed by atoms with Crippen LogP contribution in [0.2, 0.25) is 0 Å². The number of aryl methyl sites for hydroxylation is 2. The topological polar surface area (TPSA) is 66.4 Å². The summed E-state index contributed by atoms with van der Waals surface area (Å²) < 4.78 is 27.3. The van der Waals surface area contributed by atoms with Crippen molar-refractivity contribution >= 4 is 15.8 Å². The van der Waals surface area contributed by atoms with E-state index in [1.807, 2.05) is 43.3 Å². The van der Waals surface area contributed by atoms with Gasteiger partial charge in [-0.05, 0) is 49.2 Å². The van der Waals surface area contributed by atoms with E-state index in [1.165, 1.54) is 0 Å². The normalized spacial score (nSPS) is 15.4. The van der Waals surface area contributed by atoms with Crippen LogP contribution in [0.25, 0.3) is 11.3 Å². The largest absolute Gasteiger partial charge is 0.352 e. The van der Waals surface area contributed by atoms with Crippen molar-refractivity contribution in [1.82, 2.24) is 14.5 Å². The van der Waals surface area contributed by atoms with Crippen molar-refractivity contribution in [2.75, 3.05) is 31.1 Å². The Bertz CT molecular complexity index is 1110. The average molecular weight is 409 g/mol. The minimum atomic E-state index is -3.47. The molecule has 0 unspecified atom stereocenters. The monoisotopic (exact) mass is 408 g/mol. The Kier molecular flexibility index (Phi) is 5.34. The second kappa shape index (κ2) is 7.93. The van der Waals surface area contributed by atoms with Crippen LogP contribution in [0.3, 0.4) is 0 Å². The van der Waals surface area contributed by atoms with Crippen LogP contribution in [0.5, 0.6) is 0 Å². The summed E-state index contributed by atoms with van der Waals surface area (Å²) in [5.41, 5.74) is 4.01. The molecular weight excluding hydrogens is 384 g/mol. The molecule has 0 amide bonds. The summed E-state index contributed by atoms with van der Waals surface area (Å²) >= 11 is 0. The number of piperazine rings is 1. The molecule has 0 N–H and O–H groups in total. The average Bonchev–Trinajstić information content (AvgIpc) is 2.74. The van der Waals surface area contributed by atoms with E-state index in [4.69, 9.17) is 0 Å². The maximum atomic E-state index is 12.9. The highest BCUT2D eigenvalue weighted by Crippen LogP contribution is 2.23. The fourth-order valence-electron chi connectivity index (χ4n) is 3.58. The molecule has 1 saturated heterocycles. The lowest BCUT2D eigenvalue weighted by atomic mass is 10.1. The molecule has 150 valence electrons. The van der Waals surface area contributed by atoms with Crippen LogP contribution in [0.4, 0.5) is 5.82 Å². The van der Waals surface area contributed by atoms with E-state index in [-0.39, 0.29) is 0 Å². The molecule has 1 aromatic heterocycles. The van der Waals surface area contributed by atoms with E-state index in [0.29, 0.717) is 31.1 Å². The number of benzene rings is 2. The molecule has 4 rings (SSSR count). The standard InChI is InChI=1S/C22H24N4O2S/c1-17-6-5-8-19(16-17)29(27,28)26-14-12-25(13-15-26)22-11-10-21(23-24-22)20-9-4-3-7-18(20)2/h3-11,16H,12-15H2,1-2H3. The molecule has 0 aliphatic carbocycles. The number of anilines is 1. The van der Waals surface area contributed by atoms with Crippen LogP contribution in [0.1, 0.15) is 11.1 Å². The van der Waals surface area contributed by atoms with Crippen molar-refractivity contribution in [3.05, 3.63) is 71.8 Å². The molecule has 1 fully saturated rings. The minimum absolute atomic E-state index is 0.355. The molecule has 29 heavy (non-hydrogen) atoms. The number of hydrogen-bond donors (Lipinski definition) is 0. The lowest BCUT2D eigenvalue weighted by molar-refractivity contribution is 0.383. The van der Waals surface area contributed by atoms with Gasteiger partial charge in [0.05, 0.1) is 10.6 Å². The summed E-state index contributed by atoms with van der Waals surface area (Å²) in [6.07, 6.45) is 0. The van der Waals surface area contributed by atoms with Crippen molar-refractivity contribution in [1.29, 1.82) is 0 Å². The molecule has 0 atom stereocenters. The van der Waals surface area contributed by atoms with Crippen molar-refractivity contribution in [2.45, 2.75) is 18.7 Å². The smallest absolute Gasteiger partial charge is 0.243 e. The number of sulfonamides is 1. The van der Waals surface area contributed by atoms with Gasteiger partial charge >= 0.3 is 0 Å². The molecule has 2 aromatic carbocycles. The highest BCUT2D eigenvalue weighted by atomic mass is 32.2. The molecule has 1 aliphatic heterocycles. The van der Waals surface area contributed by atoms with Gasteiger partial charge in [0, 0.05) is 31.7 Å². The van der Waals surface area contributed by atoms with Crippen LogP contribution in [0.15, 0.2) is 65.6 Å². The van der Waals surface area contributed by atoms with Crippen LogP contribution in [0, 0.1) is 13.8 Å². The van der Waals surface area contributed by atoms with E-state index in [1.54, 1.807) is 22.5 Å². The molecule has 0 bridgehead atoms. The van der Waals surface area contributed by atoms with Gasteiger partial charge in [-0.3, -0.25) is 0 Å². The molecular formula is C22H24N4O2S. The van der Waals surface area contributed by atoms with Gasteiger partial charge in [-0.15, -0.1) is 10.2 Å². The van der Waals surface area contributed by atoms with Crippen LogP contribution in [-0.4, -0.2) is 49.1 Å². The van der Waals surface area contributed by atoms with E-state index in [2.05, 4.69) is 28.1 Å². The lowest BCUT2D eigenvalue weighted by Crippen LogP contribution is -2.49. The zero-order chi connectivity index (χ0) is 20.4. The first-order valence-electron chi connectivity index (χ1n) is 9.67. The minimum Gasteiger partial charge on any atom is -0.352 e. The SMILES string of the molecule is Cc1cccc(S(=O)(=O)N2CCN(c3ccc(-c4ccccc4C)nn3)CC2)c1. The van der Waals surface area contributed by atoms with Crippen molar-refractivity contribution in [2.24, 2.45) is 0 Å². The van der Waals surface area contributed by atoms with Crippen LogP contribution < -0.4 is 4.90 Å². The summed E-state index contributed by atoms with van der Waals surface area (Å²) in [4.78, 5) is 2.44. The van der Waals surface area contributed by atoms with E-state index in [9.17, 15) is 8.42 Å². The predicted octanol–water partition coefficient (Wildman–Crippen LogP) is 3.27. The third-order valence-corrected chi connectivity index (χ3v) is 7.16. The Morgan fingerprint density at radius 3 is 2.24 bits per heavy atom. The first-order chi connectivity index (χ1) is 13.9. The van der Waals surface area contributed by atoms with Crippen molar-refractivity contribution in [3.63, 3.8) is 0 Å². The summed E-state index contributed by atoms with van der Waals surface area (Å²) in [5, 5.41) is 8.77. The lowest BCUT2D eigenvalue weighted by Gasteiger charge is -2.34. The van der Waals surface area contributed by atoms with Gasteiger partial charge < -0.3 is 4.90 Å². The van der Waals surface area contributed by atoms with Gasteiger partial charge in [0.15, 0.2) is 5.82 Å². The van der Waals surface area contributed by atoms with Gasteiger partial charge in [0.25, 0.3) is 0 Å². The fraction of sp³-hybridized carbons (Fsp3) is 0.273. The molecule has 2 heterocycles. The Balaban J connectivity index is 1.45. The third-order valence-electron chi connectivity index (χ3n) is 5.26. The Labute approximate surface area is 171 Å². The maximum Gasteiger partial charge on any atom is 0.243 e. The number of nitrogens with zero attached hydrogens (tertiary/aromatic N) is 4. The van der Waals surface area contributed by atoms with Gasteiger partial charge in [-0.25, -0.2) is 8.42 Å². The van der Waals surface area contributed by atoms with Gasteiger partial charge in [0.1, 0.15) is 0 Å². The van der Waals surface area contributed by atoms with E-state index < -0.39 is 10.0 Å². The molecule has 7 heteroatoms. The summed E-state index contributed by atoms with van der Waals surface area (Å²) in [5.74, 6) is 0.773. The summed E-state index contributed by atoms with van der Waals surface area (Å²) in [7, 11) is -3.47. The number of aromatic nitrogens is 2. The summed E-state index contributed by atoms with van der Waals surface area (Å²) in [6.45, 7) is 5.98. The predicted molar refractivity (Wildman–Crippen MR) is 114 cm³/mol. The molecule has 0 spiro atoms. The van der Waals surface area contributed by atoms with E-state index >= 15 is 0 Å². The van der Waals surface area contributed by atoms with E-state index in [0.717, 1.165) is 28.2 Å². The zero-order valence-corrected chi connectivity index (χ0v) is 17.4. The number of rotatable bonds is 4. The number of hydrogen-bond acceptors (Lipinski definition) is 5. The highest BCUT2D eigenvalue weighted by Gasteiger charge is 2.29. The zero-order valence-electron chi connectivity index (χ0n) is 16.6. The molecule has 3 aromatic rings. The second-order valence-corrected chi connectivity index (χ2v) is 9.24. The van der Waals surface area contributed by atoms with Crippen LogP contribution >= 0.6 is 0 Å². The van der Waals surface area contributed by atoms with Crippen molar-refractivity contribution in [3.8, 4) is 11.3 Å². The van der Waals surface area contributed by atoms with Gasteiger partial charge in [-0.2, -0.15) is 4.31 Å². The molecule has 1 aliphatic rings.